The number of rotatable bonds is 2. The van der Waals surface area contributed by atoms with E-state index in [1.165, 1.54) is 32.1 Å². The van der Waals surface area contributed by atoms with Gasteiger partial charge in [0.2, 0.25) is 0 Å². The lowest BCUT2D eigenvalue weighted by atomic mass is 9.48. The third kappa shape index (κ3) is 2.31. The zero-order chi connectivity index (χ0) is 13.8. The number of nitrogens with one attached hydrogen (secondary N) is 1. The van der Waals surface area contributed by atoms with Crippen LogP contribution < -0.4 is 5.32 Å². The zero-order valence-electron chi connectivity index (χ0n) is 12.9. The molecule has 1 N–H and O–H groups in total. The van der Waals surface area contributed by atoms with Crippen LogP contribution in [0.5, 0.6) is 0 Å². The first-order valence-electron chi connectivity index (χ1n) is 8.01. The Labute approximate surface area is 118 Å². The summed E-state index contributed by atoms with van der Waals surface area (Å²) < 4.78 is 0. The monoisotopic (exact) mass is 260 g/mol. The van der Waals surface area contributed by atoms with E-state index in [1.807, 2.05) is 0 Å². The molecule has 0 aromatic rings. The molecule has 0 heterocycles. The smallest absolute Gasteiger partial charge is 0.107 e. The van der Waals surface area contributed by atoms with Crippen LogP contribution in [0.15, 0.2) is 0 Å². The Kier molecular flexibility index (Phi) is 2.98. The molecule has 0 radical (unpaired) electrons. The van der Waals surface area contributed by atoms with Crippen molar-refractivity contribution in [1.29, 1.82) is 5.26 Å². The Bertz CT molecular complexity index is 372. The minimum Gasteiger partial charge on any atom is -0.295 e. The van der Waals surface area contributed by atoms with Crippen LogP contribution in [0.25, 0.3) is 0 Å². The van der Waals surface area contributed by atoms with Gasteiger partial charge in [-0.2, -0.15) is 5.26 Å². The fourth-order valence-corrected chi connectivity index (χ4v) is 5.83. The van der Waals surface area contributed by atoms with Crippen molar-refractivity contribution in [2.24, 2.45) is 29.6 Å². The average Bonchev–Trinajstić information content (AvgIpc) is 2.24. The Balaban J connectivity index is 1.86. The van der Waals surface area contributed by atoms with Gasteiger partial charge in [-0.3, -0.25) is 5.32 Å². The van der Waals surface area contributed by atoms with Crippen LogP contribution in [0.3, 0.4) is 0 Å². The first kappa shape index (κ1) is 13.4. The Morgan fingerprint density at radius 3 is 1.74 bits per heavy atom. The van der Waals surface area contributed by atoms with E-state index in [0.717, 1.165) is 23.7 Å². The van der Waals surface area contributed by atoms with Gasteiger partial charge in [0.1, 0.15) is 5.54 Å². The van der Waals surface area contributed by atoms with Crippen LogP contribution >= 0.6 is 0 Å². The highest BCUT2D eigenvalue weighted by atomic mass is 15.0. The van der Waals surface area contributed by atoms with Crippen molar-refractivity contribution >= 4 is 0 Å². The van der Waals surface area contributed by atoms with Crippen molar-refractivity contribution in [3.8, 4) is 6.07 Å². The van der Waals surface area contributed by atoms with E-state index in [0.29, 0.717) is 5.92 Å². The van der Waals surface area contributed by atoms with E-state index in [1.54, 1.807) is 0 Å². The second-order valence-corrected chi connectivity index (χ2v) is 8.65. The summed E-state index contributed by atoms with van der Waals surface area (Å²) in [5.41, 5.74) is -0.333. The predicted octanol–water partition coefficient (Wildman–Crippen LogP) is 3.73. The van der Waals surface area contributed by atoms with Crippen molar-refractivity contribution in [3.05, 3.63) is 0 Å². The van der Waals surface area contributed by atoms with Gasteiger partial charge in [-0.05, 0) is 89.4 Å². The van der Waals surface area contributed by atoms with Crippen molar-refractivity contribution in [2.75, 3.05) is 0 Å². The molecule has 19 heavy (non-hydrogen) atoms. The third-order valence-corrected chi connectivity index (χ3v) is 5.76. The highest BCUT2D eigenvalue weighted by molar-refractivity contribution is 5.16. The van der Waals surface area contributed by atoms with Gasteiger partial charge in [0, 0.05) is 5.54 Å². The lowest BCUT2D eigenvalue weighted by Gasteiger charge is -2.58. The molecular formula is C17H28N2. The standard InChI is InChI=1S/C17H28N2/c1-16(2,3)19-17(4,10-18)15-13-6-11-5-12(8-13)9-14(15)7-11/h11-15,19H,5-9H2,1-4H3. The number of hydrogen-bond acceptors (Lipinski definition) is 2. The first-order chi connectivity index (χ1) is 8.81. The Morgan fingerprint density at radius 2 is 1.37 bits per heavy atom. The fraction of sp³-hybridized carbons (Fsp3) is 0.941. The number of nitrogens with zero attached hydrogens (tertiary/aromatic N) is 1. The molecule has 0 aromatic carbocycles. The number of nitriles is 1. The van der Waals surface area contributed by atoms with Gasteiger partial charge in [0.05, 0.1) is 6.07 Å². The molecule has 4 rings (SSSR count). The normalized spacial score (nSPS) is 43.8. The summed E-state index contributed by atoms with van der Waals surface area (Å²) in [5.74, 6) is 4.14. The van der Waals surface area contributed by atoms with Crippen LogP contribution in [0, 0.1) is 40.9 Å². The van der Waals surface area contributed by atoms with E-state index in [4.69, 9.17) is 0 Å². The molecule has 0 spiro atoms. The molecule has 2 heteroatoms. The molecule has 0 aromatic heterocycles. The van der Waals surface area contributed by atoms with Crippen molar-refractivity contribution in [2.45, 2.75) is 70.9 Å². The molecule has 106 valence electrons. The lowest BCUT2D eigenvalue weighted by Crippen LogP contribution is -2.62. The summed E-state index contributed by atoms with van der Waals surface area (Å²) in [6.07, 6.45) is 7.04. The fourth-order valence-electron chi connectivity index (χ4n) is 5.83. The van der Waals surface area contributed by atoms with Crippen LogP contribution in [0.4, 0.5) is 0 Å². The van der Waals surface area contributed by atoms with E-state index < -0.39 is 0 Å². The maximum Gasteiger partial charge on any atom is 0.107 e. The summed E-state index contributed by atoms with van der Waals surface area (Å²) in [6.45, 7) is 8.70. The van der Waals surface area contributed by atoms with Gasteiger partial charge >= 0.3 is 0 Å². The van der Waals surface area contributed by atoms with Crippen LogP contribution in [0.1, 0.15) is 59.8 Å². The maximum absolute atomic E-state index is 9.82. The third-order valence-electron chi connectivity index (χ3n) is 5.76. The summed E-state index contributed by atoms with van der Waals surface area (Å²) in [6, 6.07) is 2.65. The van der Waals surface area contributed by atoms with E-state index in [-0.39, 0.29) is 11.1 Å². The molecule has 0 aliphatic heterocycles. The molecule has 1 atom stereocenters. The van der Waals surface area contributed by atoms with Crippen LogP contribution in [0.2, 0.25) is 0 Å². The van der Waals surface area contributed by atoms with Gasteiger partial charge in [0.15, 0.2) is 0 Å². The summed E-state index contributed by atoms with van der Waals surface area (Å²) in [5, 5.41) is 13.5. The van der Waals surface area contributed by atoms with E-state index in [2.05, 4.69) is 39.1 Å². The summed E-state index contributed by atoms with van der Waals surface area (Å²) in [7, 11) is 0. The van der Waals surface area contributed by atoms with Crippen molar-refractivity contribution in [1.82, 2.24) is 5.32 Å². The highest BCUT2D eigenvalue weighted by Crippen LogP contribution is 2.59. The summed E-state index contributed by atoms with van der Waals surface area (Å²) in [4.78, 5) is 0. The Hall–Kier alpha value is -0.550. The topological polar surface area (TPSA) is 35.8 Å². The van der Waals surface area contributed by atoms with Gasteiger partial charge in [-0.25, -0.2) is 0 Å². The highest BCUT2D eigenvalue weighted by Gasteiger charge is 2.55. The quantitative estimate of drug-likeness (QED) is 0.821. The van der Waals surface area contributed by atoms with Gasteiger partial charge in [0.25, 0.3) is 0 Å². The van der Waals surface area contributed by atoms with Gasteiger partial charge < -0.3 is 0 Å². The number of hydrogen-bond donors (Lipinski definition) is 1. The Morgan fingerprint density at radius 1 is 0.895 bits per heavy atom. The molecule has 4 fully saturated rings. The van der Waals surface area contributed by atoms with Crippen molar-refractivity contribution < 1.29 is 0 Å². The average molecular weight is 260 g/mol. The molecular weight excluding hydrogens is 232 g/mol. The van der Waals surface area contributed by atoms with Gasteiger partial charge in [-0.1, -0.05) is 0 Å². The molecule has 2 nitrogen and oxygen atoms in total. The second-order valence-electron chi connectivity index (χ2n) is 8.65. The first-order valence-corrected chi connectivity index (χ1v) is 8.01. The maximum atomic E-state index is 9.82. The molecule has 4 bridgehead atoms. The second kappa shape index (κ2) is 4.22. The molecule has 4 aliphatic carbocycles. The molecule has 4 aliphatic rings. The minimum atomic E-state index is -0.346. The molecule has 0 saturated heterocycles. The SMILES string of the molecule is CC(C)(C)NC(C)(C#N)C1C2CC3CC(C2)CC1C3. The molecule has 1 unspecified atom stereocenters. The zero-order valence-corrected chi connectivity index (χ0v) is 12.9. The lowest BCUT2D eigenvalue weighted by molar-refractivity contribution is -0.0662. The predicted molar refractivity (Wildman–Crippen MR) is 77.4 cm³/mol. The van der Waals surface area contributed by atoms with E-state index >= 15 is 0 Å². The minimum absolute atomic E-state index is 0.0130. The largest absolute Gasteiger partial charge is 0.295 e. The molecule has 4 saturated carbocycles. The summed E-state index contributed by atoms with van der Waals surface area (Å²) >= 11 is 0. The van der Waals surface area contributed by atoms with E-state index in [9.17, 15) is 5.26 Å². The van der Waals surface area contributed by atoms with Crippen LogP contribution in [-0.4, -0.2) is 11.1 Å². The molecule has 0 amide bonds. The van der Waals surface area contributed by atoms with Gasteiger partial charge in [-0.15, -0.1) is 0 Å². The van der Waals surface area contributed by atoms with Crippen molar-refractivity contribution in [3.63, 3.8) is 0 Å². The van der Waals surface area contributed by atoms with Crippen LogP contribution in [-0.2, 0) is 0 Å².